The Labute approximate surface area is 126 Å². The van der Waals surface area contributed by atoms with Crippen LogP contribution in [0.25, 0.3) is 0 Å². The summed E-state index contributed by atoms with van der Waals surface area (Å²) in [4.78, 5) is 13.5. The van der Waals surface area contributed by atoms with Crippen LogP contribution in [-0.2, 0) is 17.4 Å². The number of halogens is 3. The predicted molar refractivity (Wildman–Crippen MR) is 72.2 cm³/mol. The minimum atomic E-state index is -4.41. The largest absolute Gasteiger partial charge is 0.416 e. The summed E-state index contributed by atoms with van der Waals surface area (Å²) in [6.45, 7) is 0.412. The molecule has 0 aliphatic carbocycles. The van der Waals surface area contributed by atoms with Gasteiger partial charge in [-0.15, -0.1) is 0 Å². The molecule has 1 amide bonds. The van der Waals surface area contributed by atoms with Gasteiger partial charge < -0.3 is 4.90 Å². The Kier molecular flexibility index (Phi) is 6.40. The number of hydrogen-bond donors (Lipinski definition) is 0. The third-order valence-corrected chi connectivity index (χ3v) is 2.98. The van der Waals surface area contributed by atoms with Gasteiger partial charge in [-0.1, -0.05) is 12.1 Å². The number of carbonyl (C=O) groups is 1. The maximum absolute atomic E-state index is 12.5. The van der Waals surface area contributed by atoms with Gasteiger partial charge in [0.15, 0.2) is 0 Å². The zero-order chi connectivity index (χ0) is 16.6. The minimum absolute atomic E-state index is 0.0605. The minimum Gasteiger partial charge on any atom is -0.340 e. The van der Waals surface area contributed by atoms with E-state index in [0.29, 0.717) is 5.56 Å². The van der Waals surface area contributed by atoms with Crippen molar-refractivity contribution in [2.75, 3.05) is 13.1 Å². The van der Waals surface area contributed by atoms with Gasteiger partial charge in [-0.25, -0.2) is 0 Å². The summed E-state index contributed by atoms with van der Waals surface area (Å²) in [5.41, 5.74) is -0.313. The van der Waals surface area contributed by atoms with Crippen LogP contribution in [-0.4, -0.2) is 23.9 Å². The lowest BCUT2D eigenvalue weighted by Gasteiger charge is -2.20. The van der Waals surface area contributed by atoms with Crippen LogP contribution in [0.15, 0.2) is 24.3 Å². The molecule has 7 heteroatoms. The summed E-state index contributed by atoms with van der Waals surface area (Å²) >= 11 is 0. The van der Waals surface area contributed by atoms with Gasteiger partial charge in [0.1, 0.15) is 0 Å². The quantitative estimate of drug-likeness (QED) is 0.811. The molecule has 0 radical (unpaired) electrons. The highest BCUT2D eigenvalue weighted by atomic mass is 19.4. The number of carbonyl (C=O) groups excluding carboxylic acids is 1. The lowest BCUT2D eigenvalue weighted by Crippen LogP contribution is -2.34. The second kappa shape index (κ2) is 8.04. The molecule has 0 aliphatic rings. The van der Waals surface area contributed by atoms with E-state index in [0.717, 1.165) is 12.1 Å². The molecular formula is C15H14F3N3O. The molecule has 0 N–H and O–H groups in total. The van der Waals surface area contributed by atoms with Gasteiger partial charge in [-0.3, -0.25) is 4.79 Å². The van der Waals surface area contributed by atoms with Crippen molar-refractivity contribution in [1.29, 1.82) is 10.5 Å². The summed E-state index contributed by atoms with van der Waals surface area (Å²) in [6, 6.07) is 8.20. The van der Waals surface area contributed by atoms with Gasteiger partial charge in [0.2, 0.25) is 5.91 Å². The third kappa shape index (κ3) is 5.45. The van der Waals surface area contributed by atoms with E-state index in [1.54, 1.807) is 0 Å². The Balaban J connectivity index is 2.72. The lowest BCUT2D eigenvalue weighted by atomic mass is 10.1. The average molecular weight is 309 g/mol. The van der Waals surface area contributed by atoms with Gasteiger partial charge in [0.25, 0.3) is 0 Å². The fourth-order valence-corrected chi connectivity index (χ4v) is 1.83. The van der Waals surface area contributed by atoms with Crippen LogP contribution in [0, 0.1) is 22.7 Å². The first-order valence-corrected chi connectivity index (χ1v) is 6.56. The first kappa shape index (κ1) is 17.5. The smallest absolute Gasteiger partial charge is 0.340 e. The molecule has 0 bridgehead atoms. The molecule has 1 aromatic rings. The molecule has 0 aromatic heterocycles. The molecule has 0 fully saturated rings. The van der Waals surface area contributed by atoms with Crippen LogP contribution in [0.2, 0.25) is 0 Å². The van der Waals surface area contributed by atoms with Crippen LogP contribution in [0.3, 0.4) is 0 Å². The second-order valence-electron chi connectivity index (χ2n) is 4.57. The molecule has 0 spiro atoms. The van der Waals surface area contributed by atoms with Gasteiger partial charge >= 0.3 is 6.18 Å². The van der Waals surface area contributed by atoms with E-state index >= 15 is 0 Å². The van der Waals surface area contributed by atoms with E-state index in [1.807, 2.05) is 12.1 Å². The van der Waals surface area contributed by atoms with Crippen LogP contribution in [0.5, 0.6) is 0 Å². The predicted octanol–water partition coefficient (Wildman–Crippen LogP) is 2.90. The van der Waals surface area contributed by atoms with E-state index in [-0.39, 0.29) is 38.3 Å². The summed E-state index contributed by atoms with van der Waals surface area (Å²) in [5.74, 6) is -0.315. The number of amides is 1. The van der Waals surface area contributed by atoms with Crippen LogP contribution in [0.4, 0.5) is 13.2 Å². The number of nitrogens with zero attached hydrogens (tertiary/aromatic N) is 3. The molecule has 0 saturated heterocycles. The van der Waals surface area contributed by atoms with Crippen LogP contribution >= 0.6 is 0 Å². The van der Waals surface area contributed by atoms with Crippen molar-refractivity contribution in [1.82, 2.24) is 4.90 Å². The van der Waals surface area contributed by atoms with Gasteiger partial charge in [0, 0.05) is 13.1 Å². The summed E-state index contributed by atoms with van der Waals surface area (Å²) in [7, 11) is 0. The fourth-order valence-electron chi connectivity index (χ4n) is 1.83. The highest BCUT2D eigenvalue weighted by Gasteiger charge is 2.30. The molecule has 0 aliphatic heterocycles. The number of hydrogen-bond acceptors (Lipinski definition) is 3. The Bertz CT molecular complexity index is 564. The van der Waals surface area contributed by atoms with Crippen molar-refractivity contribution < 1.29 is 18.0 Å². The molecule has 0 heterocycles. The van der Waals surface area contributed by atoms with Crippen molar-refractivity contribution in [2.45, 2.75) is 25.4 Å². The van der Waals surface area contributed by atoms with Gasteiger partial charge in [0.05, 0.1) is 37.0 Å². The Hall–Kier alpha value is -2.54. The summed E-state index contributed by atoms with van der Waals surface area (Å²) in [5, 5.41) is 17.1. The van der Waals surface area contributed by atoms with Crippen LogP contribution < -0.4 is 0 Å². The normalized spacial score (nSPS) is 10.6. The topological polar surface area (TPSA) is 67.9 Å². The van der Waals surface area contributed by atoms with E-state index in [4.69, 9.17) is 10.5 Å². The molecule has 1 aromatic carbocycles. The zero-order valence-electron chi connectivity index (χ0n) is 11.7. The second-order valence-corrected chi connectivity index (χ2v) is 4.57. The highest BCUT2D eigenvalue weighted by Crippen LogP contribution is 2.29. The van der Waals surface area contributed by atoms with E-state index in [1.165, 1.54) is 17.0 Å². The van der Waals surface area contributed by atoms with Crippen molar-refractivity contribution in [2.24, 2.45) is 0 Å². The molecule has 22 heavy (non-hydrogen) atoms. The van der Waals surface area contributed by atoms with E-state index < -0.39 is 11.7 Å². The summed E-state index contributed by atoms with van der Waals surface area (Å²) in [6.07, 6.45) is -4.18. The molecular weight excluding hydrogens is 295 g/mol. The Morgan fingerprint density at radius 1 is 1.05 bits per heavy atom. The molecule has 0 unspecified atom stereocenters. The first-order chi connectivity index (χ1) is 10.4. The van der Waals surface area contributed by atoms with Crippen molar-refractivity contribution in [3.8, 4) is 12.1 Å². The molecule has 0 saturated carbocycles. The SMILES string of the molecule is N#CCCN(CCC#N)C(=O)Cc1ccc(C(F)(F)F)cc1. The van der Waals surface area contributed by atoms with E-state index in [9.17, 15) is 18.0 Å². The molecule has 0 atom stereocenters. The lowest BCUT2D eigenvalue weighted by molar-refractivity contribution is -0.137. The van der Waals surface area contributed by atoms with Crippen LogP contribution in [0.1, 0.15) is 24.0 Å². The van der Waals surface area contributed by atoms with Crippen molar-refractivity contribution in [3.05, 3.63) is 35.4 Å². The molecule has 4 nitrogen and oxygen atoms in total. The van der Waals surface area contributed by atoms with Gasteiger partial charge in [-0.2, -0.15) is 23.7 Å². The maximum atomic E-state index is 12.5. The number of rotatable bonds is 6. The highest BCUT2D eigenvalue weighted by molar-refractivity contribution is 5.78. The molecule has 116 valence electrons. The Morgan fingerprint density at radius 3 is 1.95 bits per heavy atom. The van der Waals surface area contributed by atoms with E-state index in [2.05, 4.69) is 0 Å². The number of alkyl halides is 3. The zero-order valence-corrected chi connectivity index (χ0v) is 11.7. The summed E-state index contributed by atoms with van der Waals surface area (Å²) < 4.78 is 37.4. The maximum Gasteiger partial charge on any atom is 0.416 e. The van der Waals surface area contributed by atoms with Gasteiger partial charge in [-0.05, 0) is 17.7 Å². The standard InChI is InChI=1S/C15H14F3N3O/c16-15(17,18)13-5-3-12(4-6-13)11-14(22)21(9-1-7-19)10-2-8-20/h3-6H,1-2,9-11H2. The first-order valence-electron chi connectivity index (χ1n) is 6.56. The monoisotopic (exact) mass is 309 g/mol. The average Bonchev–Trinajstić information content (AvgIpc) is 2.47. The number of nitriles is 2. The third-order valence-electron chi connectivity index (χ3n) is 2.98. The fraction of sp³-hybridized carbons (Fsp3) is 0.400. The number of benzene rings is 1. The van der Waals surface area contributed by atoms with Crippen molar-refractivity contribution in [3.63, 3.8) is 0 Å². The Morgan fingerprint density at radius 2 is 1.55 bits per heavy atom. The molecule has 1 rings (SSSR count). The van der Waals surface area contributed by atoms with Crippen molar-refractivity contribution >= 4 is 5.91 Å².